The molecule has 0 radical (unpaired) electrons. The molecule has 1 fully saturated rings. The Morgan fingerprint density at radius 2 is 1.96 bits per heavy atom. The van der Waals surface area contributed by atoms with Crippen LogP contribution in [0.15, 0.2) is 8.95 Å². The third kappa shape index (κ3) is 3.99. The number of nitrogens with zero attached hydrogens (tertiary/aromatic N) is 1. The van der Waals surface area contributed by atoms with Crippen molar-refractivity contribution in [3.8, 4) is 0 Å². The second kappa shape index (κ2) is 8.64. The predicted octanol–water partition coefficient (Wildman–Crippen LogP) is 6.48. The van der Waals surface area contributed by atoms with E-state index in [1.54, 1.807) is 6.21 Å². The molecular formula is C21H31Br2N3. The molecule has 1 saturated carbocycles. The number of nitrogens with two attached hydrogens (primary N) is 1. The van der Waals surface area contributed by atoms with Crippen LogP contribution in [-0.4, -0.2) is 18.8 Å². The zero-order chi connectivity index (χ0) is 18.8. The minimum atomic E-state index is 0.505. The molecule has 0 saturated heterocycles. The van der Waals surface area contributed by atoms with Crippen LogP contribution in [0, 0.1) is 24.2 Å². The first-order chi connectivity index (χ1) is 12.4. The Bertz CT molecular complexity index is 674. The molecule has 0 bridgehead atoms. The highest BCUT2D eigenvalue weighted by atomic mass is 79.9. The van der Waals surface area contributed by atoms with E-state index in [9.17, 15) is 0 Å². The standard InChI is InChI=1S/C21H31Br2N3/c1-13(11-15-5-3-6-16(12-24)9-8-15)26-10-4-7-17-19(23)18(22)14(2)20(25)21(17)26/h12-13,15-16,24H,3-11,25H2,1-2H3. The maximum absolute atomic E-state index is 7.57. The molecule has 0 aromatic heterocycles. The highest BCUT2D eigenvalue weighted by molar-refractivity contribution is 9.13. The molecule has 3 N–H and O–H groups in total. The summed E-state index contributed by atoms with van der Waals surface area (Å²) in [5.74, 6) is 1.29. The summed E-state index contributed by atoms with van der Waals surface area (Å²) in [4.78, 5) is 2.57. The molecule has 1 aromatic rings. The van der Waals surface area contributed by atoms with E-state index >= 15 is 0 Å². The summed E-state index contributed by atoms with van der Waals surface area (Å²) >= 11 is 7.50. The summed E-state index contributed by atoms with van der Waals surface area (Å²) in [5, 5.41) is 7.57. The maximum atomic E-state index is 7.57. The van der Waals surface area contributed by atoms with E-state index in [2.05, 4.69) is 50.6 Å². The van der Waals surface area contributed by atoms with E-state index in [4.69, 9.17) is 11.1 Å². The van der Waals surface area contributed by atoms with Crippen LogP contribution in [0.2, 0.25) is 0 Å². The molecule has 144 valence electrons. The van der Waals surface area contributed by atoms with Gasteiger partial charge in [0.1, 0.15) is 0 Å². The second-order valence-corrected chi connectivity index (χ2v) is 9.76. The van der Waals surface area contributed by atoms with Gasteiger partial charge in [-0.3, -0.25) is 0 Å². The molecular weight excluding hydrogens is 454 g/mol. The molecule has 3 nitrogen and oxygen atoms in total. The van der Waals surface area contributed by atoms with Crippen molar-refractivity contribution in [3.05, 3.63) is 20.1 Å². The van der Waals surface area contributed by atoms with Crippen molar-refractivity contribution in [1.82, 2.24) is 0 Å². The largest absolute Gasteiger partial charge is 0.397 e. The van der Waals surface area contributed by atoms with Crippen molar-refractivity contribution in [1.29, 1.82) is 5.41 Å². The van der Waals surface area contributed by atoms with Crippen LogP contribution >= 0.6 is 31.9 Å². The van der Waals surface area contributed by atoms with Crippen LogP contribution in [0.4, 0.5) is 11.4 Å². The average Bonchev–Trinajstić information content (AvgIpc) is 2.89. The molecule has 5 heteroatoms. The zero-order valence-electron chi connectivity index (χ0n) is 16.0. The van der Waals surface area contributed by atoms with Gasteiger partial charge in [-0.2, -0.15) is 0 Å². The first kappa shape index (κ1) is 20.2. The summed E-state index contributed by atoms with van der Waals surface area (Å²) in [7, 11) is 0. The van der Waals surface area contributed by atoms with E-state index in [0.29, 0.717) is 12.0 Å². The van der Waals surface area contributed by atoms with Gasteiger partial charge in [-0.25, -0.2) is 0 Å². The lowest BCUT2D eigenvalue weighted by atomic mass is 9.90. The topological polar surface area (TPSA) is 53.1 Å². The molecule has 3 unspecified atom stereocenters. The quantitative estimate of drug-likeness (QED) is 0.292. The number of nitrogen functional groups attached to an aromatic ring is 1. The smallest absolute Gasteiger partial charge is 0.0649 e. The van der Waals surface area contributed by atoms with E-state index < -0.39 is 0 Å². The minimum absolute atomic E-state index is 0.505. The summed E-state index contributed by atoms with van der Waals surface area (Å²) < 4.78 is 2.28. The predicted molar refractivity (Wildman–Crippen MR) is 120 cm³/mol. The molecule has 1 aliphatic carbocycles. The second-order valence-electron chi connectivity index (χ2n) is 8.18. The van der Waals surface area contributed by atoms with Gasteiger partial charge in [-0.05, 0) is 113 Å². The fourth-order valence-corrected chi connectivity index (χ4v) is 5.95. The third-order valence-corrected chi connectivity index (χ3v) is 8.82. The highest BCUT2D eigenvalue weighted by Crippen LogP contribution is 2.46. The van der Waals surface area contributed by atoms with Crippen molar-refractivity contribution in [2.45, 2.75) is 71.3 Å². The molecule has 1 heterocycles. The number of rotatable bonds is 4. The lowest BCUT2D eigenvalue weighted by Crippen LogP contribution is -2.39. The fourth-order valence-electron chi connectivity index (χ4n) is 4.81. The first-order valence-electron chi connectivity index (χ1n) is 9.97. The van der Waals surface area contributed by atoms with Crippen molar-refractivity contribution in [3.63, 3.8) is 0 Å². The lowest BCUT2D eigenvalue weighted by molar-refractivity contribution is 0.382. The number of fused-ring (bicyclic) bond motifs is 1. The molecule has 0 amide bonds. The summed E-state index contributed by atoms with van der Waals surface area (Å²) in [5.41, 5.74) is 11.3. The van der Waals surface area contributed by atoms with Crippen LogP contribution in [-0.2, 0) is 6.42 Å². The van der Waals surface area contributed by atoms with Crippen LogP contribution in [0.3, 0.4) is 0 Å². The number of hydrogen-bond acceptors (Lipinski definition) is 3. The van der Waals surface area contributed by atoms with Crippen molar-refractivity contribution in [2.75, 3.05) is 17.2 Å². The van der Waals surface area contributed by atoms with Gasteiger partial charge in [-0.15, -0.1) is 0 Å². The number of nitrogens with one attached hydrogen (secondary N) is 1. The Morgan fingerprint density at radius 3 is 2.69 bits per heavy atom. The Labute approximate surface area is 174 Å². The molecule has 3 rings (SSSR count). The molecule has 1 aliphatic heterocycles. The minimum Gasteiger partial charge on any atom is -0.397 e. The van der Waals surface area contributed by atoms with Gasteiger partial charge in [0.2, 0.25) is 0 Å². The zero-order valence-corrected chi connectivity index (χ0v) is 19.1. The monoisotopic (exact) mass is 483 g/mol. The Balaban J connectivity index is 1.80. The summed E-state index contributed by atoms with van der Waals surface area (Å²) in [6, 6.07) is 0.505. The van der Waals surface area contributed by atoms with E-state index in [1.165, 1.54) is 60.7 Å². The molecule has 26 heavy (non-hydrogen) atoms. The van der Waals surface area contributed by atoms with Gasteiger partial charge in [0.05, 0.1) is 11.4 Å². The van der Waals surface area contributed by atoms with Gasteiger partial charge >= 0.3 is 0 Å². The van der Waals surface area contributed by atoms with Crippen molar-refractivity contribution in [2.24, 2.45) is 11.8 Å². The summed E-state index contributed by atoms with van der Waals surface area (Å²) in [6.07, 6.45) is 11.4. The van der Waals surface area contributed by atoms with Crippen LogP contribution in [0.5, 0.6) is 0 Å². The first-order valence-corrected chi connectivity index (χ1v) is 11.6. The molecule has 2 aliphatic rings. The number of hydrogen-bond donors (Lipinski definition) is 2. The van der Waals surface area contributed by atoms with Gasteiger partial charge < -0.3 is 16.0 Å². The summed E-state index contributed by atoms with van der Waals surface area (Å²) in [6.45, 7) is 5.57. The van der Waals surface area contributed by atoms with E-state index in [1.807, 2.05) is 0 Å². The fraction of sp³-hybridized carbons (Fsp3) is 0.667. The molecule has 0 spiro atoms. The highest BCUT2D eigenvalue weighted by Gasteiger charge is 2.29. The number of halogens is 2. The van der Waals surface area contributed by atoms with Crippen molar-refractivity contribution < 1.29 is 0 Å². The van der Waals surface area contributed by atoms with Gasteiger partial charge in [0, 0.05) is 21.5 Å². The number of anilines is 2. The lowest BCUT2D eigenvalue weighted by Gasteiger charge is -2.39. The molecule has 3 atom stereocenters. The average molecular weight is 485 g/mol. The van der Waals surface area contributed by atoms with Crippen LogP contribution in [0.1, 0.15) is 63.0 Å². The molecule has 1 aromatic carbocycles. The SMILES string of the molecule is Cc1c(N)c2c(c(Br)c1Br)CCCN2C(C)CC1CCCC(C=N)CC1. The normalized spacial score (nSPS) is 24.7. The van der Waals surface area contributed by atoms with E-state index in [0.717, 1.165) is 34.6 Å². The van der Waals surface area contributed by atoms with Crippen molar-refractivity contribution >= 4 is 49.4 Å². The Morgan fingerprint density at radius 1 is 1.19 bits per heavy atom. The van der Waals surface area contributed by atoms with Gasteiger partial charge in [0.15, 0.2) is 0 Å². The van der Waals surface area contributed by atoms with Crippen LogP contribution in [0.25, 0.3) is 0 Å². The van der Waals surface area contributed by atoms with Gasteiger partial charge in [0.25, 0.3) is 0 Å². The Hall–Kier alpha value is -0.550. The third-order valence-electron chi connectivity index (χ3n) is 6.42. The van der Waals surface area contributed by atoms with Crippen LogP contribution < -0.4 is 10.6 Å². The van der Waals surface area contributed by atoms with Gasteiger partial charge in [-0.1, -0.05) is 12.8 Å². The number of benzene rings is 1. The van der Waals surface area contributed by atoms with E-state index in [-0.39, 0.29) is 0 Å². The maximum Gasteiger partial charge on any atom is 0.0649 e. The Kier molecular flexibility index (Phi) is 6.71.